The molecule has 138 valence electrons. The third-order valence-corrected chi connectivity index (χ3v) is 6.30. The zero-order chi connectivity index (χ0) is 18.7. The number of nitrogens with zero attached hydrogens (tertiary/aromatic N) is 3. The molecule has 0 N–H and O–H groups in total. The van der Waals surface area contributed by atoms with Crippen LogP contribution in [0.5, 0.6) is 0 Å². The first-order valence-electron chi connectivity index (χ1n) is 8.04. The fourth-order valence-electron chi connectivity index (χ4n) is 2.78. The highest BCUT2D eigenvalue weighted by atomic mass is 35.5. The molecule has 0 saturated carbocycles. The Hall–Kier alpha value is -2.03. The summed E-state index contributed by atoms with van der Waals surface area (Å²) < 4.78 is 39.8. The Morgan fingerprint density at radius 1 is 1.04 bits per heavy atom. The molecule has 0 bridgehead atoms. The van der Waals surface area contributed by atoms with Crippen molar-refractivity contribution >= 4 is 27.5 Å². The number of hydrogen-bond donors (Lipinski definition) is 0. The van der Waals surface area contributed by atoms with Crippen LogP contribution in [0.4, 0.5) is 4.39 Å². The van der Waals surface area contributed by atoms with Crippen molar-refractivity contribution in [3.8, 4) is 0 Å². The van der Waals surface area contributed by atoms with E-state index in [1.165, 1.54) is 28.7 Å². The van der Waals surface area contributed by atoms with Gasteiger partial charge >= 0.3 is 0 Å². The van der Waals surface area contributed by atoms with Crippen LogP contribution in [0.3, 0.4) is 0 Å². The number of pyridine rings is 1. The highest BCUT2D eigenvalue weighted by Crippen LogP contribution is 2.19. The van der Waals surface area contributed by atoms with E-state index in [4.69, 9.17) is 11.6 Å². The Balaban J connectivity index is 1.72. The maximum absolute atomic E-state index is 13.0. The summed E-state index contributed by atoms with van der Waals surface area (Å²) in [7, 11) is -3.72. The Bertz CT molecular complexity index is 888. The monoisotopic (exact) mass is 397 g/mol. The Kier molecular flexibility index (Phi) is 5.55. The van der Waals surface area contributed by atoms with Crippen LogP contribution in [0.1, 0.15) is 16.8 Å². The topological polar surface area (TPSA) is 70.6 Å². The van der Waals surface area contributed by atoms with E-state index < -0.39 is 15.8 Å². The van der Waals surface area contributed by atoms with E-state index in [0.717, 1.165) is 12.1 Å². The predicted octanol–water partition coefficient (Wildman–Crippen LogP) is 2.41. The molecule has 2 heterocycles. The van der Waals surface area contributed by atoms with E-state index in [1.54, 1.807) is 11.0 Å². The van der Waals surface area contributed by atoms with Gasteiger partial charge in [-0.15, -0.1) is 0 Å². The van der Waals surface area contributed by atoms with Crippen LogP contribution < -0.4 is 0 Å². The van der Waals surface area contributed by atoms with Crippen LogP contribution in [-0.4, -0.2) is 54.7 Å². The number of benzene rings is 1. The van der Waals surface area contributed by atoms with Crippen molar-refractivity contribution in [1.29, 1.82) is 0 Å². The fraction of sp³-hybridized carbons (Fsp3) is 0.294. The molecule has 1 aliphatic rings. The van der Waals surface area contributed by atoms with Gasteiger partial charge < -0.3 is 4.90 Å². The standard InChI is InChI=1S/C17H17ClFN3O3S/c18-16-7-2-13(12-20-16)17(23)21-8-1-9-22(11-10-21)26(24,25)15-5-3-14(19)4-6-15/h2-7,12H,1,8-11H2. The second kappa shape index (κ2) is 7.69. The second-order valence-corrected chi connectivity index (χ2v) is 8.20. The number of rotatable bonds is 3. The van der Waals surface area contributed by atoms with Gasteiger partial charge in [0, 0.05) is 32.4 Å². The first kappa shape index (κ1) is 18.8. The van der Waals surface area contributed by atoms with Crippen molar-refractivity contribution in [2.24, 2.45) is 0 Å². The van der Waals surface area contributed by atoms with Crippen LogP contribution in [0.25, 0.3) is 0 Å². The van der Waals surface area contributed by atoms with Crippen LogP contribution >= 0.6 is 11.6 Å². The maximum atomic E-state index is 13.0. The molecule has 3 rings (SSSR count). The van der Waals surface area contributed by atoms with Crippen molar-refractivity contribution in [2.75, 3.05) is 26.2 Å². The highest BCUT2D eigenvalue weighted by Gasteiger charge is 2.28. The lowest BCUT2D eigenvalue weighted by atomic mass is 10.2. The summed E-state index contributed by atoms with van der Waals surface area (Å²) in [5.41, 5.74) is 0.407. The van der Waals surface area contributed by atoms with Crippen LogP contribution in [-0.2, 0) is 10.0 Å². The minimum absolute atomic E-state index is 0.0422. The summed E-state index contributed by atoms with van der Waals surface area (Å²) in [5.74, 6) is -0.705. The number of hydrogen-bond acceptors (Lipinski definition) is 4. The Labute approximate surface area is 156 Å². The summed E-state index contributed by atoms with van der Waals surface area (Å²) in [6, 6.07) is 7.87. The van der Waals surface area contributed by atoms with Gasteiger partial charge in [0.1, 0.15) is 11.0 Å². The summed E-state index contributed by atoms with van der Waals surface area (Å²) in [6.07, 6.45) is 1.91. The molecular weight excluding hydrogens is 381 g/mol. The van der Waals surface area contributed by atoms with Crippen LogP contribution in [0.2, 0.25) is 5.15 Å². The summed E-state index contributed by atoms with van der Waals surface area (Å²) >= 11 is 5.73. The Morgan fingerprint density at radius 2 is 1.77 bits per heavy atom. The van der Waals surface area contributed by atoms with Gasteiger partial charge in [0.05, 0.1) is 10.5 Å². The van der Waals surface area contributed by atoms with Crippen LogP contribution in [0.15, 0.2) is 47.5 Å². The molecule has 1 saturated heterocycles. The molecular formula is C17H17ClFN3O3S. The molecule has 1 fully saturated rings. The van der Waals surface area contributed by atoms with Gasteiger partial charge in [0.2, 0.25) is 10.0 Å². The minimum Gasteiger partial charge on any atom is -0.337 e. The highest BCUT2D eigenvalue weighted by molar-refractivity contribution is 7.89. The van der Waals surface area contributed by atoms with Gasteiger partial charge in [-0.3, -0.25) is 4.79 Å². The SMILES string of the molecule is O=C(c1ccc(Cl)nc1)N1CCCN(S(=O)(=O)c2ccc(F)cc2)CC1. The van der Waals surface area contributed by atoms with Gasteiger partial charge in [0.25, 0.3) is 5.91 Å². The molecule has 1 aromatic heterocycles. The molecule has 0 atom stereocenters. The zero-order valence-corrected chi connectivity index (χ0v) is 15.4. The molecule has 26 heavy (non-hydrogen) atoms. The molecule has 0 radical (unpaired) electrons. The first-order valence-corrected chi connectivity index (χ1v) is 9.86. The van der Waals surface area contributed by atoms with Crippen molar-refractivity contribution < 1.29 is 17.6 Å². The number of halogens is 2. The molecule has 0 unspecified atom stereocenters. The van der Waals surface area contributed by atoms with Crippen LogP contribution in [0, 0.1) is 5.82 Å². The third kappa shape index (κ3) is 4.03. The van der Waals surface area contributed by atoms with Crippen molar-refractivity contribution in [2.45, 2.75) is 11.3 Å². The van der Waals surface area contributed by atoms with Gasteiger partial charge in [-0.05, 0) is 42.8 Å². The Morgan fingerprint density at radius 3 is 2.42 bits per heavy atom. The normalized spacial score (nSPS) is 16.3. The van der Waals surface area contributed by atoms with Crippen molar-refractivity contribution in [3.63, 3.8) is 0 Å². The average molecular weight is 398 g/mol. The lowest BCUT2D eigenvalue weighted by Gasteiger charge is -2.22. The lowest BCUT2D eigenvalue weighted by Crippen LogP contribution is -2.37. The van der Waals surface area contributed by atoms with Gasteiger partial charge in [-0.25, -0.2) is 17.8 Å². The number of carbonyl (C=O) groups excluding carboxylic acids is 1. The molecule has 6 nitrogen and oxygen atoms in total. The van der Waals surface area contributed by atoms with E-state index in [9.17, 15) is 17.6 Å². The molecule has 1 aromatic carbocycles. The van der Waals surface area contributed by atoms with Crippen molar-refractivity contribution in [1.82, 2.24) is 14.2 Å². The zero-order valence-electron chi connectivity index (χ0n) is 13.8. The van der Waals surface area contributed by atoms with E-state index in [2.05, 4.69) is 4.98 Å². The fourth-order valence-corrected chi connectivity index (χ4v) is 4.36. The predicted molar refractivity (Wildman–Crippen MR) is 94.9 cm³/mol. The summed E-state index contributed by atoms with van der Waals surface area (Å²) in [6.45, 7) is 1.17. The summed E-state index contributed by atoms with van der Waals surface area (Å²) in [5, 5.41) is 0.300. The van der Waals surface area contributed by atoms with E-state index >= 15 is 0 Å². The summed E-state index contributed by atoms with van der Waals surface area (Å²) in [4.78, 5) is 18.1. The lowest BCUT2D eigenvalue weighted by molar-refractivity contribution is 0.0764. The number of aromatic nitrogens is 1. The molecule has 0 spiro atoms. The van der Waals surface area contributed by atoms with E-state index in [0.29, 0.717) is 30.2 Å². The van der Waals surface area contributed by atoms with Gasteiger partial charge in [-0.1, -0.05) is 11.6 Å². The van der Waals surface area contributed by atoms with Gasteiger partial charge in [0.15, 0.2) is 0 Å². The molecule has 1 aliphatic heterocycles. The molecule has 1 amide bonds. The maximum Gasteiger partial charge on any atom is 0.255 e. The average Bonchev–Trinajstić information content (AvgIpc) is 2.89. The first-order chi connectivity index (χ1) is 12.4. The van der Waals surface area contributed by atoms with E-state index in [-0.39, 0.29) is 23.9 Å². The second-order valence-electron chi connectivity index (χ2n) is 5.87. The quantitative estimate of drug-likeness (QED) is 0.746. The number of amides is 1. The minimum atomic E-state index is -3.72. The molecule has 2 aromatic rings. The number of carbonyl (C=O) groups is 1. The largest absolute Gasteiger partial charge is 0.337 e. The molecule has 9 heteroatoms. The third-order valence-electron chi connectivity index (χ3n) is 4.17. The van der Waals surface area contributed by atoms with Gasteiger partial charge in [-0.2, -0.15) is 4.31 Å². The number of sulfonamides is 1. The molecule has 0 aliphatic carbocycles. The smallest absolute Gasteiger partial charge is 0.255 e. The van der Waals surface area contributed by atoms with Crippen molar-refractivity contribution in [3.05, 3.63) is 59.1 Å². The van der Waals surface area contributed by atoms with E-state index in [1.807, 2.05) is 0 Å².